The molecule has 0 aromatic rings. The lowest BCUT2D eigenvalue weighted by Crippen LogP contribution is -2.35. The second-order valence-corrected chi connectivity index (χ2v) is 4.30. The van der Waals surface area contributed by atoms with Gasteiger partial charge in [-0.1, -0.05) is 0 Å². The third kappa shape index (κ3) is 8.81. The van der Waals surface area contributed by atoms with E-state index in [1.165, 1.54) is 0 Å². The molecule has 92 valence electrons. The molecule has 3 N–H and O–H groups in total. The van der Waals surface area contributed by atoms with Crippen LogP contribution in [0.4, 0.5) is 0 Å². The molecular weight excluding hydrogens is 192 g/mol. The number of rotatable bonds is 9. The Morgan fingerprint density at radius 1 is 1.40 bits per heavy atom. The molecule has 0 saturated heterocycles. The second kappa shape index (κ2) is 8.05. The Hall–Kier alpha value is -0.160. The van der Waals surface area contributed by atoms with Crippen molar-refractivity contribution in [3.63, 3.8) is 0 Å². The fourth-order valence-corrected chi connectivity index (χ4v) is 1.31. The van der Waals surface area contributed by atoms with Crippen molar-refractivity contribution in [2.24, 2.45) is 5.73 Å². The van der Waals surface area contributed by atoms with Gasteiger partial charge in [-0.15, -0.1) is 0 Å². The van der Waals surface area contributed by atoms with Gasteiger partial charge in [0, 0.05) is 19.7 Å². The Morgan fingerprint density at radius 3 is 2.60 bits per heavy atom. The quantitative estimate of drug-likeness (QED) is 0.552. The third-order valence-corrected chi connectivity index (χ3v) is 2.52. The highest BCUT2D eigenvalue weighted by atomic mass is 16.5. The van der Waals surface area contributed by atoms with E-state index >= 15 is 0 Å². The smallest absolute Gasteiger partial charge is 0.0741 e. The summed E-state index contributed by atoms with van der Waals surface area (Å²) in [5.41, 5.74) is 4.73. The highest BCUT2D eigenvalue weighted by Crippen LogP contribution is 2.09. The Morgan fingerprint density at radius 2 is 2.07 bits per heavy atom. The van der Waals surface area contributed by atoms with Crippen LogP contribution in [0, 0.1) is 0 Å². The summed E-state index contributed by atoms with van der Waals surface area (Å²) in [7, 11) is 2.07. The van der Waals surface area contributed by atoms with Crippen LogP contribution in [0.1, 0.15) is 26.7 Å². The number of ether oxygens (including phenoxy) is 1. The molecule has 0 amide bonds. The lowest BCUT2D eigenvalue weighted by Gasteiger charge is -2.23. The van der Waals surface area contributed by atoms with E-state index in [1.807, 2.05) is 6.92 Å². The summed E-state index contributed by atoms with van der Waals surface area (Å²) in [6, 6.07) is 0. The molecule has 0 aliphatic heterocycles. The van der Waals surface area contributed by atoms with E-state index in [2.05, 4.69) is 11.9 Å². The molecule has 4 heteroatoms. The Kier molecular flexibility index (Phi) is 7.96. The van der Waals surface area contributed by atoms with Gasteiger partial charge in [0.15, 0.2) is 0 Å². The zero-order valence-corrected chi connectivity index (χ0v) is 10.3. The van der Waals surface area contributed by atoms with Gasteiger partial charge in [0.1, 0.15) is 0 Å². The minimum Gasteiger partial charge on any atom is -0.389 e. The summed E-state index contributed by atoms with van der Waals surface area (Å²) in [5.74, 6) is 0. The zero-order chi connectivity index (χ0) is 11.7. The van der Waals surface area contributed by atoms with Crippen molar-refractivity contribution in [3.05, 3.63) is 0 Å². The topological polar surface area (TPSA) is 58.7 Å². The summed E-state index contributed by atoms with van der Waals surface area (Å²) in [5, 5.41) is 9.68. The molecule has 0 saturated carbocycles. The highest BCUT2D eigenvalue weighted by Gasteiger charge is 2.17. The van der Waals surface area contributed by atoms with Crippen molar-refractivity contribution in [2.45, 2.75) is 32.3 Å². The maximum atomic E-state index is 9.68. The van der Waals surface area contributed by atoms with Crippen LogP contribution in [0.25, 0.3) is 0 Å². The minimum absolute atomic E-state index is 0.329. The summed E-state index contributed by atoms with van der Waals surface area (Å²) in [4.78, 5) is 2.21. The van der Waals surface area contributed by atoms with Crippen LogP contribution in [0.5, 0.6) is 0 Å². The Balaban J connectivity index is 3.42. The van der Waals surface area contributed by atoms with E-state index in [-0.39, 0.29) is 0 Å². The first-order valence-electron chi connectivity index (χ1n) is 5.70. The highest BCUT2D eigenvalue weighted by molar-refractivity contribution is 4.73. The summed E-state index contributed by atoms with van der Waals surface area (Å²) in [6.45, 7) is 7.58. The Labute approximate surface area is 93.4 Å². The molecule has 0 radical (unpaired) electrons. The summed E-state index contributed by atoms with van der Waals surface area (Å²) in [6.07, 6.45) is 1.72. The molecule has 0 aliphatic rings. The molecule has 0 bridgehead atoms. The molecule has 0 rings (SSSR count). The van der Waals surface area contributed by atoms with Crippen molar-refractivity contribution in [2.75, 3.05) is 39.9 Å². The number of hydrogen-bond acceptors (Lipinski definition) is 4. The third-order valence-electron chi connectivity index (χ3n) is 2.52. The van der Waals surface area contributed by atoms with Crippen molar-refractivity contribution in [3.8, 4) is 0 Å². The predicted molar refractivity (Wildman–Crippen MR) is 62.9 cm³/mol. The van der Waals surface area contributed by atoms with E-state index in [4.69, 9.17) is 10.5 Å². The molecule has 0 aromatic carbocycles. The fraction of sp³-hybridized carbons (Fsp3) is 1.00. The molecule has 4 nitrogen and oxygen atoms in total. The molecule has 0 fully saturated rings. The SMILES string of the molecule is CCOCCN(C)CCCC(C)(O)CN. The van der Waals surface area contributed by atoms with Gasteiger partial charge in [0.25, 0.3) is 0 Å². The first-order valence-corrected chi connectivity index (χ1v) is 5.70. The standard InChI is InChI=1S/C11H26N2O2/c1-4-15-9-8-13(3)7-5-6-11(2,14)10-12/h14H,4-10,12H2,1-3H3. The van der Waals surface area contributed by atoms with Crippen molar-refractivity contribution >= 4 is 0 Å². The van der Waals surface area contributed by atoms with Crippen LogP contribution >= 0.6 is 0 Å². The van der Waals surface area contributed by atoms with Gasteiger partial charge >= 0.3 is 0 Å². The van der Waals surface area contributed by atoms with Crippen LogP contribution in [0.2, 0.25) is 0 Å². The van der Waals surface area contributed by atoms with Gasteiger partial charge in [-0.3, -0.25) is 0 Å². The van der Waals surface area contributed by atoms with Gasteiger partial charge in [0.05, 0.1) is 12.2 Å². The average Bonchev–Trinajstić information content (AvgIpc) is 2.18. The van der Waals surface area contributed by atoms with E-state index in [0.717, 1.165) is 39.1 Å². The molecule has 0 heterocycles. The van der Waals surface area contributed by atoms with Crippen LogP contribution in [-0.2, 0) is 4.74 Å². The van der Waals surface area contributed by atoms with E-state index in [0.29, 0.717) is 6.54 Å². The van der Waals surface area contributed by atoms with Crippen LogP contribution in [0.3, 0.4) is 0 Å². The van der Waals surface area contributed by atoms with Crippen LogP contribution < -0.4 is 5.73 Å². The van der Waals surface area contributed by atoms with E-state index in [1.54, 1.807) is 6.92 Å². The van der Waals surface area contributed by atoms with Gasteiger partial charge in [0.2, 0.25) is 0 Å². The maximum Gasteiger partial charge on any atom is 0.0741 e. The largest absolute Gasteiger partial charge is 0.389 e. The van der Waals surface area contributed by atoms with Gasteiger partial charge in [-0.2, -0.15) is 0 Å². The van der Waals surface area contributed by atoms with Gasteiger partial charge < -0.3 is 20.5 Å². The van der Waals surface area contributed by atoms with Gasteiger partial charge in [-0.25, -0.2) is 0 Å². The monoisotopic (exact) mass is 218 g/mol. The van der Waals surface area contributed by atoms with Gasteiger partial charge in [-0.05, 0) is 40.3 Å². The number of likely N-dealkylation sites (N-methyl/N-ethyl adjacent to an activating group) is 1. The number of hydrogen-bond donors (Lipinski definition) is 2. The molecular formula is C11H26N2O2. The fourth-order valence-electron chi connectivity index (χ4n) is 1.31. The molecule has 0 aliphatic carbocycles. The second-order valence-electron chi connectivity index (χ2n) is 4.30. The van der Waals surface area contributed by atoms with E-state index in [9.17, 15) is 5.11 Å². The molecule has 15 heavy (non-hydrogen) atoms. The summed E-state index contributed by atoms with van der Waals surface area (Å²) < 4.78 is 5.26. The number of aliphatic hydroxyl groups is 1. The first-order chi connectivity index (χ1) is 7.02. The molecule has 0 aromatic heterocycles. The zero-order valence-electron chi connectivity index (χ0n) is 10.3. The number of nitrogens with zero attached hydrogens (tertiary/aromatic N) is 1. The predicted octanol–water partition coefficient (Wildman–Crippen LogP) is 0.445. The van der Waals surface area contributed by atoms with E-state index < -0.39 is 5.60 Å². The van der Waals surface area contributed by atoms with Crippen LogP contribution in [0.15, 0.2) is 0 Å². The average molecular weight is 218 g/mol. The lowest BCUT2D eigenvalue weighted by atomic mass is 10.0. The normalized spacial score (nSPS) is 15.6. The first kappa shape index (κ1) is 14.8. The van der Waals surface area contributed by atoms with Crippen molar-refractivity contribution in [1.82, 2.24) is 4.90 Å². The molecule has 1 unspecified atom stereocenters. The molecule has 0 spiro atoms. The van der Waals surface area contributed by atoms with Crippen LogP contribution in [-0.4, -0.2) is 55.5 Å². The Bertz CT molecular complexity index is 152. The maximum absolute atomic E-state index is 9.68. The van der Waals surface area contributed by atoms with Crippen molar-refractivity contribution < 1.29 is 9.84 Å². The number of nitrogens with two attached hydrogens (primary N) is 1. The molecule has 1 atom stereocenters. The minimum atomic E-state index is -0.708. The summed E-state index contributed by atoms with van der Waals surface area (Å²) >= 11 is 0. The van der Waals surface area contributed by atoms with Crippen molar-refractivity contribution in [1.29, 1.82) is 0 Å². The lowest BCUT2D eigenvalue weighted by molar-refractivity contribution is 0.0538.